The zero-order valence-corrected chi connectivity index (χ0v) is 36.1. The van der Waals surface area contributed by atoms with Crippen LogP contribution in [0.2, 0.25) is 0 Å². The smallest absolute Gasteiger partial charge is 0.217 e. The Kier molecular flexibility index (Phi) is 8.53. The van der Waals surface area contributed by atoms with E-state index < -0.39 is 11.1 Å². The Morgan fingerprint density at radius 3 is 2.02 bits per heavy atom. The van der Waals surface area contributed by atoms with E-state index in [9.17, 15) is 0 Å². The van der Waals surface area contributed by atoms with E-state index >= 15 is 0 Å². The average Bonchev–Trinajstić information content (AvgIpc) is 3.85. The molecule has 2 atom stereocenters. The van der Waals surface area contributed by atoms with E-state index in [0.717, 1.165) is 50.1 Å². The molecule has 4 heterocycles. The Labute approximate surface area is 353 Å². The summed E-state index contributed by atoms with van der Waals surface area (Å²) in [4.78, 5) is 10.6. The molecule has 5 heteroatoms. The number of aryl methyl sites for hydroxylation is 2. The maximum absolute atomic E-state index is 7.16. The van der Waals surface area contributed by atoms with Gasteiger partial charge in [0, 0.05) is 39.0 Å². The van der Waals surface area contributed by atoms with Crippen LogP contribution in [-0.2, 0) is 15.8 Å². The number of rotatable bonds is 6. The summed E-state index contributed by atoms with van der Waals surface area (Å²) in [6, 6.07) is 50.8. The fourth-order valence-electron chi connectivity index (χ4n) is 9.54. The summed E-state index contributed by atoms with van der Waals surface area (Å²) in [7, 11) is 0. The first-order valence-electron chi connectivity index (χ1n) is 21.3. The third-order valence-electron chi connectivity index (χ3n) is 13.5. The lowest BCUT2D eigenvalue weighted by Crippen LogP contribution is -2.47. The van der Waals surface area contributed by atoms with E-state index in [2.05, 4.69) is 205 Å². The molecule has 6 aromatic carbocycles. The Hall–Kier alpha value is -6.46. The van der Waals surface area contributed by atoms with Crippen molar-refractivity contribution in [2.75, 3.05) is 0 Å². The molecule has 0 saturated heterocycles. The first kappa shape index (κ1) is 37.8. The lowest BCUT2D eigenvalue weighted by atomic mass is 9.72. The molecule has 0 spiro atoms. The fraction of sp³-hybridized carbons (Fsp3) is 0.236. The van der Waals surface area contributed by atoms with Crippen LogP contribution in [-0.4, -0.2) is 25.6 Å². The number of fused-ring (bicyclic) bond motifs is 6. The van der Waals surface area contributed by atoms with Gasteiger partial charge in [-0.2, -0.15) is 0 Å². The molecule has 0 unspecified atom stereocenters. The molecular weight excluding hydrogens is 733 g/mol. The molecular formula is C55H52N4O. The SMILES string of the molecule is Cc1ccc2c(c1)c1cc(C)c(-n3c4ccc(-c5ccccc5)cc4c4cccnc43)cc1n2-c1cc(C2=N[C@](C)(C(C)C)[C@@](C)(c3ccccc3)O2)cc(C(C)(C)C)c1. The van der Waals surface area contributed by atoms with Gasteiger partial charge in [-0.05, 0) is 134 Å². The second-order valence-corrected chi connectivity index (χ2v) is 18.6. The van der Waals surface area contributed by atoms with E-state index in [-0.39, 0.29) is 11.3 Å². The number of pyridine rings is 1. The first-order valence-corrected chi connectivity index (χ1v) is 21.3. The number of ether oxygens (including phenoxy) is 1. The molecule has 60 heavy (non-hydrogen) atoms. The molecule has 0 amide bonds. The minimum Gasteiger partial charge on any atom is -0.464 e. The molecule has 9 aromatic rings. The van der Waals surface area contributed by atoms with Crippen molar-refractivity contribution >= 4 is 49.6 Å². The van der Waals surface area contributed by atoms with Gasteiger partial charge in [0.15, 0.2) is 5.60 Å². The van der Waals surface area contributed by atoms with Gasteiger partial charge < -0.3 is 9.30 Å². The number of benzene rings is 6. The van der Waals surface area contributed by atoms with Crippen LogP contribution in [0, 0.1) is 19.8 Å². The largest absolute Gasteiger partial charge is 0.464 e. The Morgan fingerprint density at radius 2 is 1.28 bits per heavy atom. The summed E-state index contributed by atoms with van der Waals surface area (Å²) in [5.41, 5.74) is 13.4. The van der Waals surface area contributed by atoms with Crippen LogP contribution >= 0.6 is 0 Å². The topological polar surface area (TPSA) is 44.3 Å². The summed E-state index contributed by atoms with van der Waals surface area (Å²) in [5, 5.41) is 4.77. The van der Waals surface area contributed by atoms with Crippen LogP contribution in [0.1, 0.15) is 76.3 Å². The van der Waals surface area contributed by atoms with E-state index in [4.69, 9.17) is 14.7 Å². The lowest BCUT2D eigenvalue weighted by molar-refractivity contribution is 0.00858. The molecule has 0 fully saturated rings. The van der Waals surface area contributed by atoms with Crippen molar-refractivity contribution in [1.29, 1.82) is 0 Å². The van der Waals surface area contributed by atoms with Crippen molar-refractivity contribution in [1.82, 2.24) is 14.1 Å². The van der Waals surface area contributed by atoms with Crippen molar-refractivity contribution in [3.63, 3.8) is 0 Å². The Bertz CT molecular complexity index is 3180. The van der Waals surface area contributed by atoms with Gasteiger partial charge in [-0.1, -0.05) is 113 Å². The van der Waals surface area contributed by atoms with Crippen molar-refractivity contribution < 1.29 is 4.74 Å². The molecule has 298 valence electrons. The van der Waals surface area contributed by atoms with Crippen molar-refractivity contribution in [3.05, 3.63) is 174 Å². The van der Waals surface area contributed by atoms with E-state index in [1.54, 1.807) is 0 Å². The standard InChI is InChI=1S/C55H52N4O/c1-34(2)54(8)55(9,40-19-14-11-15-20-40)60-52(57-54)39-29-41(53(5,6)7)32-42(30-39)58-47-24-22-35(3)27-44(47)45-28-36(4)49(33-50(45)58)59-48-25-23-38(37-17-12-10-13-18-37)31-46(48)43-21-16-26-56-51(43)59/h10-34H,1-9H3/t54-,55-/m1/s1. The normalized spacial score (nSPS) is 18.3. The maximum atomic E-state index is 7.16. The van der Waals surface area contributed by atoms with Gasteiger partial charge in [0.05, 0.1) is 22.2 Å². The summed E-state index contributed by atoms with van der Waals surface area (Å²) >= 11 is 0. The van der Waals surface area contributed by atoms with Gasteiger partial charge in [-0.25, -0.2) is 9.98 Å². The number of nitrogens with zero attached hydrogens (tertiary/aromatic N) is 4. The van der Waals surface area contributed by atoms with Crippen LogP contribution < -0.4 is 0 Å². The van der Waals surface area contributed by atoms with Crippen LogP contribution in [0.4, 0.5) is 0 Å². The van der Waals surface area contributed by atoms with Gasteiger partial charge in [0.2, 0.25) is 5.90 Å². The molecule has 0 saturated carbocycles. The maximum Gasteiger partial charge on any atom is 0.217 e. The van der Waals surface area contributed by atoms with Crippen molar-refractivity contribution in [2.24, 2.45) is 10.9 Å². The van der Waals surface area contributed by atoms with Crippen molar-refractivity contribution in [2.45, 2.75) is 78.9 Å². The molecule has 0 aliphatic carbocycles. The predicted octanol–water partition coefficient (Wildman–Crippen LogP) is 14.0. The number of aromatic nitrogens is 3. The van der Waals surface area contributed by atoms with Gasteiger partial charge in [0.25, 0.3) is 0 Å². The highest BCUT2D eigenvalue weighted by atomic mass is 16.5. The minimum atomic E-state index is -0.648. The molecule has 1 aliphatic heterocycles. The predicted molar refractivity (Wildman–Crippen MR) is 251 cm³/mol. The quantitative estimate of drug-likeness (QED) is 0.169. The van der Waals surface area contributed by atoms with Crippen LogP contribution in [0.3, 0.4) is 0 Å². The van der Waals surface area contributed by atoms with Gasteiger partial charge in [-0.15, -0.1) is 0 Å². The zero-order chi connectivity index (χ0) is 41.7. The summed E-state index contributed by atoms with van der Waals surface area (Å²) in [6.07, 6.45) is 1.91. The highest BCUT2D eigenvalue weighted by molar-refractivity contribution is 6.12. The van der Waals surface area contributed by atoms with Crippen LogP contribution in [0.5, 0.6) is 0 Å². The molecule has 5 nitrogen and oxygen atoms in total. The third kappa shape index (κ3) is 5.73. The first-order chi connectivity index (χ1) is 28.7. The number of aliphatic imine (C=N–C) groups is 1. The molecule has 0 radical (unpaired) electrons. The Morgan fingerprint density at radius 1 is 0.600 bits per heavy atom. The molecule has 0 N–H and O–H groups in total. The van der Waals surface area contributed by atoms with Crippen molar-refractivity contribution in [3.8, 4) is 22.5 Å². The number of hydrogen-bond donors (Lipinski definition) is 0. The molecule has 0 bridgehead atoms. The van der Waals surface area contributed by atoms with Gasteiger partial charge in [-0.3, -0.25) is 4.57 Å². The zero-order valence-electron chi connectivity index (χ0n) is 36.1. The second kappa shape index (κ2) is 13.5. The average molecular weight is 785 g/mol. The second-order valence-electron chi connectivity index (χ2n) is 18.6. The highest BCUT2D eigenvalue weighted by Crippen LogP contribution is 2.49. The summed E-state index contributed by atoms with van der Waals surface area (Å²) in [6.45, 7) is 20.2. The van der Waals surface area contributed by atoms with Gasteiger partial charge >= 0.3 is 0 Å². The summed E-state index contributed by atoms with van der Waals surface area (Å²) < 4.78 is 12.0. The van der Waals surface area contributed by atoms with Gasteiger partial charge in [0.1, 0.15) is 11.2 Å². The third-order valence-corrected chi connectivity index (χ3v) is 13.5. The summed E-state index contributed by atoms with van der Waals surface area (Å²) in [5.74, 6) is 0.914. The van der Waals surface area contributed by atoms with E-state index in [0.29, 0.717) is 5.90 Å². The Balaban J connectivity index is 1.22. The monoisotopic (exact) mass is 784 g/mol. The van der Waals surface area contributed by atoms with E-state index in [1.165, 1.54) is 44.0 Å². The van der Waals surface area contributed by atoms with Crippen LogP contribution in [0.15, 0.2) is 151 Å². The molecule has 10 rings (SSSR count). The van der Waals surface area contributed by atoms with Crippen LogP contribution in [0.25, 0.3) is 66.2 Å². The molecule has 3 aromatic heterocycles. The fourth-order valence-corrected chi connectivity index (χ4v) is 9.54. The van der Waals surface area contributed by atoms with E-state index in [1.807, 2.05) is 12.3 Å². The highest BCUT2D eigenvalue weighted by Gasteiger charge is 2.55. The minimum absolute atomic E-state index is 0.141. The lowest BCUT2D eigenvalue weighted by Gasteiger charge is -2.40. The number of hydrogen-bond acceptors (Lipinski definition) is 3. The molecule has 1 aliphatic rings.